The average Bonchev–Trinajstić information content (AvgIpc) is 3.47. The number of cyclic esters (lactones) is 1. The molecule has 1 aromatic heterocycles. The fourth-order valence-corrected chi connectivity index (χ4v) is 8.77. The van der Waals surface area contributed by atoms with E-state index in [9.17, 15) is 23.1 Å². The number of aliphatic hydroxyl groups is 1. The van der Waals surface area contributed by atoms with Crippen LogP contribution in [0.15, 0.2) is 35.2 Å². The largest absolute Gasteiger partial charge is 0.489 e. The molecule has 5 N–H and O–H groups in total. The van der Waals surface area contributed by atoms with Crippen LogP contribution in [0.5, 0.6) is 5.75 Å². The third-order valence-electron chi connectivity index (χ3n) is 9.97. The Balaban J connectivity index is 1.08. The Labute approximate surface area is 300 Å². The van der Waals surface area contributed by atoms with Crippen molar-refractivity contribution >= 4 is 45.1 Å². The van der Waals surface area contributed by atoms with Crippen molar-refractivity contribution in [2.45, 2.75) is 35.8 Å². The van der Waals surface area contributed by atoms with Gasteiger partial charge in [-0.05, 0) is 37.1 Å². The Bertz CT molecular complexity index is 1700. The Kier molecular flexibility index (Phi) is 11.2. The summed E-state index contributed by atoms with van der Waals surface area (Å²) in [6, 6.07) is 6.16. The van der Waals surface area contributed by atoms with Gasteiger partial charge in [-0.2, -0.15) is 4.31 Å². The van der Waals surface area contributed by atoms with Crippen LogP contribution in [0.3, 0.4) is 0 Å². The summed E-state index contributed by atoms with van der Waals surface area (Å²) in [5, 5.41) is 9.43. The van der Waals surface area contributed by atoms with Gasteiger partial charge in [0, 0.05) is 83.0 Å². The highest BCUT2D eigenvalue weighted by molar-refractivity contribution is 7.89. The number of piperidine rings is 1. The Hall–Kier alpha value is -3.39. The number of hydrogen-bond acceptors (Lipinski definition) is 12. The number of ether oxygens (including phenoxy) is 2. The lowest BCUT2D eigenvalue weighted by molar-refractivity contribution is -0.138. The summed E-state index contributed by atoms with van der Waals surface area (Å²) in [6.07, 6.45) is -1.17. The highest BCUT2D eigenvalue weighted by Gasteiger charge is 2.47. The van der Waals surface area contributed by atoms with E-state index in [-0.39, 0.29) is 105 Å². The number of carbonyl (C=O) groups excluding carboxylic acids is 2. The molecule has 4 aliphatic rings. The summed E-state index contributed by atoms with van der Waals surface area (Å²) in [6.45, 7) is 2.46. The van der Waals surface area contributed by atoms with E-state index in [1.807, 2.05) is 4.90 Å². The number of aromatic nitrogens is 1. The first-order valence-electron chi connectivity index (χ1n) is 17.0. The number of rotatable bonds is 12. The first-order chi connectivity index (χ1) is 24.4. The number of carbonyl (C=O) groups is 2. The van der Waals surface area contributed by atoms with Crippen molar-refractivity contribution in [3.63, 3.8) is 0 Å². The molecule has 3 fully saturated rings. The van der Waals surface area contributed by atoms with E-state index in [4.69, 9.17) is 32.5 Å². The van der Waals surface area contributed by atoms with E-state index < -0.39 is 40.1 Å². The van der Waals surface area contributed by atoms with Gasteiger partial charge < -0.3 is 35.8 Å². The van der Waals surface area contributed by atoms with Crippen LogP contribution >= 0.6 is 11.6 Å². The molecule has 0 unspecified atom stereocenters. The molecule has 2 aromatic rings. The maximum Gasteiger partial charge on any atom is 0.415 e. The molecular formula is C32H43ClF2N8O7S. The number of hydrogen-bond donors (Lipinski definition) is 3. The van der Waals surface area contributed by atoms with Crippen molar-refractivity contribution < 1.29 is 41.4 Å². The van der Waals surface area contributed by atoms with Crippen molar-refractivity contribution in [2.24, 2.45) is 17.4 Å². The number of nitrogens with two attached hydrogens (primary N) is 2. The highest BCUT2D eigenvalue weighted by Crippen LogP contribution is 2.44. The lowest BCUT2D eigenvalue weighted by atomic mass is 9.86. The molecule has 19 heteroatoms. The predicted octanol–water partition coefficient (Wildman–Crippen LogP) is 0.874. The number of nitrogens with zero attached hydrogens (tertiary/aromatic N) is 6. The van der Waals surface area contributed by atoms with Crippen LogP contribution in [0.25, 0.3) is 0 Å². The van der Waals surface area contributed by atoms with Crippen molar-refractivity contribution in [3.05, 3.63) is 41.0 Å². The molecule has 15 nitrogen and oxygen atoms in total. The maximum atomic E-state index is 16.0. The normalized spacial score (nSPS) is 21.8. The minimum atomic E-state index is -3.99. The number of alkyl halides is 2. The van der Waals surface area contributed by atoms with Gasteiger partial charge in [-0.1, -0.05) is 11.6 Å². The van der Waals surface area contributed by atoms with Crippen LogP contribution in [-0.2, 0) is 25.5 Å². The van der Waals surface area contributed by atoms with Gasteiger partial charge in [-0.25, -0.2) is 27.0 Å². The van der Waals surface area contributed by atoms with Crippen molar-refractivity contribution in [3.8, 4) is 5.75 Å². The number of aliphatic hydroxyl groups excluding tert-OH is 1. The predicted molar refractivity (Wildman–Crippen MR) is 184 cm³/mol. The third-order valence-corrected chi connectivity index (χ3v) is 12.1. The van der Waals surface area contributed by atoms with Gasteiger partial charge in [0.15, 0.2) is 6.10 Å². The molecule has 0 radical (unpaired) electrons. The number of likely N-dealkylation sites (tertiary alicyclic amines) is 1. The SMILES string of the molecule is NCCN(CCN)CC(=O)N1CCC(C(F)(F)c2cc(Cl)nc(N3CCN(S(=O)(=O)c4ccc5c(c4)OC[C@@H]4[C@H](CO)OC(=O)N54)CC3)c2)CC1. The minimum Gasteiger partial charge on any atom is -0.489 e. The Morgan fingerprint density at radius 1 is 1.06 bits per heavy atom. The van der Waals surface area contributed by atoms with Gasteiger partial charge in [0.1, 0.15) is 29.4 Å². The molecule has 5 heterocycles. The summed E-state index contributed by atoms with van der Waals surface area (Å²) < 4.78 is 71.5. The lowest BCUT2D eigenvalue weighted by Crippen LogP contribution is -2.49. The molecule has 51 heavy (non-hydrogen) atoms. The summed E-state index contributed by atoms with van der Waals surface area (Å²) in [5.41, 5.74) is 11.3. The van der Waals surface area contributed by atoms with Gasteiger partial charge in [-0.3, -0.25) is 14.6 Å². The molecule has 2 amide bonds. The van der Waals surface area contributed by atoms with E-state index in [0.717, 1.165) is 6.07 Å². The topological polar surface area (TPSA) is 188 Å². The summed E-state index contributed by atoms with van der Waals surface area (Å²) in [4.78, 5) is 36.1. The van der Waals surface area contributed by atoms with Crippen LogP contribution < -0.4 is 26.0 Å². The fourth-order valence-electron chi connectivity index (χ4n) is 7.13. The van der Waals surface area contributed by atoms with Crippen LogP contribution in [0.4, 0.5) is 25.1 Å². The number of sulfonamides is 1. The molecule has 6 rings (SSSR count). The second kappa shape index (κ2) is 15.3. The molecule has 3 saturated heterocycles. The van der Waals surface area contributed by atoms with Gasteiger partial charge in [-0.15, -0.1) is 0 Å². The molecule has 0 spiro atoms. The zero-order valence-electron chi connectivity index (χ0n) is 28.0. The quantitative estimate of drug-likeness (QED) is 0.260. The Morgan fingerprint density at radius 2 is 1.75 bits per heavy atom. The minimum absolute atomic E-state index is 0.0292. The zero-order valence-corrected chi connectivity index (χ0v) is 29.6. The molecular weight excluding hydrogens is 714 g/mol. The van der Waals surface area contributed by atoms with Crippen molar-refractivity contribution in [2.75, 3.05) is 95.0 Å². The summed E-state index contributed by atoms with van der Waals surface area (Å²) in [5.74, 6) is -3.98. The van der Waals surface area contributed by atoms with Crippen LogP contribution in [-0.4, -0.2) is 142 Å². The summed E-state index contributed by atoms with van der Waals surface area (Å²) in [7, 11) is -3.99. The number of amides is 2. The number of anilines is 2. The average molecular weight is 757 g/mol. The molecule has 0 saturated carbocycles. The van der Waals surface area contributed by atoms with Crippen LogP contribution in [0.2, 0.25) is 5.15 Å². The number of fused-ring (bicyclic) bond motifs is 3. The summed E-state index contributed by atoms with van der Waals surface area (Å²) >= 11 is 6.27. The second-order valence-corrected chi connectivity index (χ2v) is 15.4. The van der Waals surface area contributed by atoms with Gasteiger partial charge >= 0.3 is 6.09 Å². The molecule has 0 bridgehead atoms. The maximum absolute atomic E-state index is 16.0. The van der Waals surface area contributed by atoms with E-state index in [1.165, 1.54) is 33.5 Å². The van der Waals surface area contributed by atoms with E-state index in [0.29, 0.717) is 31.9 Å². The van der Waals surface area contributed by atoms with Crippen molar-refractivity contribution in [1.29, 1.82) is 0 Å². The second-order valence-electron chi connectivity index (χ2n) is 13.0. The molecule has 1 aromatic carbocycles. The number of piperazine rings is 1. The Morgan fingerprint density at radius 3 is 2.39 bits per heavy atom. The molecule has 0 aliphatic carbocycles. The fraction of sp³-hybridized carbons (Fsp3) is 0.594. The monoisotopic (exact) mass is 756 g/mol. The molecule has 280 valence electrons. The van der Waals surface area contributed by atoms with E-state index >= 15 is 8.78 Å². The third kappa shape index (κ3) is 7.58. The first-order valence-corrected chi connectivity index (χ1v) is 18.8. The number of benzene rings is 1. The van der Waals surface area contributed by atoms with E-state index in [1.54, 1.807) is 9.80 Å². The first kappa shape index (κ1) is 37.4. The smallest absolute Gasteiger partial charge is 0.415 e. The molecule has 4 aliphatic heterocycles. The number of pyridine rings is 1. The van der Waals surface area contributed by atoms with Gasteiger partial charge in [0.05, 0.1) is 23.7 Å². The van der Waals surface area contributed by atoms with Gasteiger partial charge in [0.25, 0.3) is 5.92 Å². The van der Waals surface area contributed by atoms with Gasteiger partial charge in [0.2, 0.25) is 15.9 Å². The van der Waals surface area contributed by atoms with Crippen LogP contribution in [0, 0.1) is 5.92 Å². The molecule has 2 atom stereocenters. The number of halogens is 3. The highest BCUT2D eigenvalue weighted by atomic mass is 35.5. The van der Waals surface area contributed by atoms with Crippen molar-refractivity contribution in [1.82, 2.24) is 19.1 Å². The standard InChI is InChI=1S/C32H43ClF2N8O7S/c33-28-15-22(32(34,35)21-3-7-41(8-4-21)30(45)18-39(9-5-36)10-6-37)16-29(38-28)40-11-13-42(14-12-40)51(47,48)23-1-2-24-26(17-23)49-20-25-27(19-44)50-31(46)43(24)25/h1-2,15-17,21,25,27,44H,3-14,18-20,36-37H2/t25-,27+/m1/s1. The van der Waals surface area contributed by atoms with Crippen LogP contribution in [0.1, 0.15) is 18.4 Å². The lowest BCUT2D eigenvalue weighted by Gasteiger charge is -2.37. The zero-order chi connectivity index (χ0) is 36.5. The van der Waals surface area contributed by atoms with E-state index in [2.05, 4.69) is 4.98 Å².